The van der Waals surface area contributed by atoms with Crippen LogP contribution in [0.15, 0.2) is 24.3 Å². The number of benzene rings is 1. The van der Waals surface area contributed by atoms with Crippen LogP contribution in [0.25, 0.3) is 0 Å². The van der Waals surface area contributed by atoms with Crippen molar-refractivity contribution in [2.75, 3.05) is 0 Å². The SMILES string of the molecule is CC(C)(C)N1C(=O)[C@@H](N)[C@@H]1c1cccc(F)c1. The molecule has 2 atom stereocenters. The van der Waals surface area contributed by atoms with Gasteiger partial charge in [0, 0.05) is 5.54 Å². The van der Waals surface area contributed by atoms with Gasteiger partial charge in [0.2, 0.25) is 5.91 Å². The summed E-state index contributed by atoms with van der Waals surface area (Å²) in [5, 5.41) is 0. The third-order valence-corrected chi connectivity index (χ3v) is 3.05. The number of halogens is 1. The molecule has 1 fully saturated rings. The Bertz CT molecular complexity index is 453. The van der Waals surface area contributed by atoms with Crippen molar-refractivity contribution >= 4 is 5.91 Å². The summed E-state index contributed by atoms with van der Waals surface area (Å²) in [4.78, 5) is 13.5. The van der Waals surface area contributed by atoms with Gasteiger partial charge in [0.1, 0.15) is 11.9 Å². The Morgan fingerprint density at radius 1 is 1.35 bits per heavy atom. The molecule has 0 spiro atoms. The van der Waals surface area contributed by atoms with Gasteiger partial charge in [0.25, 0.3) is 0 Å². The molecule has 1 aliphatic rings. The number of carbonyl (C=O) groups excluding carboxylic acids is 1. The molecular formula is C13H17FN2O. The summed E-state index contributed by atoms with van der Waals surface area (Å²) >= 11 is 0. The minimum Gasteiger partial charge on any atom is -0.327 e. The largest absolute Gasteiger partial charge is 0.327 e. The Morgan fingerprint density at radius 3 is 2.53 bits per heavy atom. The molecule has 0 unspecified atom stereocenters. The minimum atomic E-state index is -0.559. The molecule has 1 aliphatic heterocycles. The number of rotatable bonds is 1. The number of nitrogens with zero attached hydrogens (tertiary/aromatic N) is 1. The van der Waals surface area contributed by atoms with Crippen LogP contribution in [0.4, 0.5) is 4.39 Å². The summed E-state index contributed by atoms with van der Waals surface area (Å²) in [7, 11) is 0. The molecule has 2 N–H and O–H groups in total. The highest BCUT2D eigenvalue weighted by atomic mass is 19.1. The lowest BCUT2D eigenvalue weighted by Crippen LogP contribution is -2.68. The molecule has 1 heterocycles. The quantitative estimate of drug-likeness (QED) is 0.756. The van der Waals surface area contributed by atoms with Gasteiger partial charge in [0.05, 0.1) is 6.04 Å². The second kappa shape index (κ2) is 3.81. The molecule has 1 saturated heterocycles. The van der Waals surface area contributed by atoms with E-state index in [9.17, 15) is 9.18 Å². The van der Waals surface area contributed by atoms with E-state index in [0.717, 1.165) is 5.56 Å². The molecule has 1 aromatic carbocycles. The first-order valence-corrected chi connectivity index (χ1v) is 5.66. The lowest BCUT2D eigenvalue weighted by atomic mass is 9.84. The first-order valence-electron chi connectivity index (χ1n) is 5.66. The van der Waals surface area contributed by atoms with E-state index < -0.39 is 6.04 Å². The number of likely N-dealkylation sites (tertiary alicyclic amines) is 1. The fourth-order valence-corrected chi connectivity index (χ4v) is 2.31. The molecule has 17 heavy (non-hydrogen) atoms. The van der Waals surface area contributed by atoms with Crippen LogP contribution in [0.1, 0.15) is 32.4 Å². The summed E-state index contributed by atoms with van der Waals surface area (Å²) in [6.45, 7) is 5.84. The van der Waals surface area contributed by atoms with Crippen LogP contribution < -0.4 is 5.73 Å². The van der Waals surface area contributed by atoms with Crippen LogP contribution >= 0.6 is 0 Å². The van der Waals surface area contributed by atoms with Crippen LogP contribution in [-0.2, 0) is 4.79 Å². The Hall–Kier alpha value is -1.42. The van der Waals surface area contributed by atoms with Crippen molar-refractivity contribution in [1.82, 2.24) is 4.90 Å². The Balaban J connectivity index is 2.35. The summed E-state index contributed by atoms with van der Waals surface area (Å²) < 4.78 is 13.2. The van der Waals surface area contributed by atoms with E-state index in [2.05, 4.69) is 0 Å². The standard InChI is InChI=1S/C13H17FN2O/c1-13(2,3)16-11(10(15)12(16)17)8-5-4-6-9(14)7-8/h4-7,10-11H,15H2,1-3H3/t10-,11-/m0/s1. The van der Waals surface area contributed by atoms with Gasteiger partial charge in [-0.3, -0.25) is 4.79 Å². The number of hydrogen-bond donors (Lipinski definition) is 1. The van der Waals surface area contributed by atoms with Crippen LogP contribution in [0.2, 0.25) is 0 Å². The van der Waals surface area contributed by atoms with E-state index in [1.807, 2.05) is 20.8 Å². The molecule has 4 heteroatoms. The van der Waals surface area contributed by atoms with Crippen molar-refractivity contribution in [3.63, 3.8) is 0 Å². The molecule has 0 radical (unpaired) electrons. The maximum absolute atomic E-state index is 13.2. The van der Waals surface area contributed by atoms with Crippen LogP contribution in [0.5, 0.6) is 0 Å². The fraction of sp³-hybridized carbons (Fsp3) is 0.462. The van der Waals surface area contributed by atoms with Crippen molar-refractivity contribution in [2.24, 2.45) is 5.73 Å². The monoisotopic (exact) mass is 236 g/mol. The van der Waals surface area contributed by atoms with Crippen LogP contribution in [0, 0.1) is 5.82 Å². The zero-order valence-electron chi connectivity index (χ0n) is 10.3. The lowest BCUT2D eigenvalue weighted by Gasteiger charge is -2.52. The maximum Gasteiger partial charge on any atom is 0.243 e. The van der Waals surface area contributed by atoms with Gasteiger partial charge in [-0.05, 0) is 38.5 Å². The topological polar surface area (TPSA) is 46.3 Å². The molecule has 0 saturated carbocycles. The highest BCUT2D eigenvalue weighted by Crippen LogP contribution is 2.39. The average molecular weight is 236 g/mol. The highest BCUT2D eigenvalue weighted by Gasteiger charge is 2.50. The smallest absolute Gasteiger partial charge is 0.243 e. The van der Waals surface area contributed by atoms with Crippen molar-refractivity contribution in [3.8, 4) is 0 Å². The van der Waals surface area contributed by atoms with Gasteiger partial charge >= 0.3 is 0 Å². The molecule has 3 nitrogen and oxygen atoms in total. The lowest BCUT2D eigenvalue weighted by molar-refractivity contribution is -0.158. The van der Waals surface area contributed by atoms with Gasteiger partial charge < -0.3 is 10.6 Å². The molecule has 2 rings (SSSR count). The van der Waals surface area contributed by atoms with Crippen molar-refractivity contribution in [1.29, 1.82) is 0 Å². The normalized spacial score (nSPS) is 24.8. The number of β-lactam (4-membered cyclic amide) rings is 1. The second-order valence-electron chi connectivity index (χ2n) is 5.40. The van der Waals surface area contributed by atoms with E-state index in [1.54, 1.807) is 17.0 Å². The first kappa shape index (κ1) is 12.0. The highest BCUT2D eigenvalue weighted by molar-refractivity contribution is 5.90. The second-order valence-corrected chi connectivity index (χ2v) is 5.40. The number of amides is 1. The number of carbonyl (C=O) groups is 1. The predicted octanol–water partition coefficient (Wildman–Crippen LogP) is 1.83. The molecular weight excluding hydrogens is 219 g/mol. The van der Waals surface area contributed by atoms with E-state index in [1.165, 1.54) is 12.1 Å². The van der Waals surface area contributed by atoms with Crippen molar-refractivity contribution < 1.29 is 9.18 Å². The number of nitrogens with two attached hydrogens (primary N) is 1. The van der Waals surface area contributed by atoms with E-state index in [4.69, 9.17) is 5.73 Å². The first-order chi connectivity index (χ1) is 7.82. The molecule has 0 aromatic heterocycles. The molecule has 1 amide bonds. The Kier molecular flexibility index (Phi) is 2.70. The van der Waals surface area contributed by atoms with Crippen LogP contribution in [-0.4, -0.2) is 22.4 Å². The van der Waals surface area contributed by atoms with Gasteiger partial charge in [0.15, 0.2) is 0 Å². The van der Waals surface area contributed by atoms with Gasteiger partial charge in [-0.2, -0.15) is 0 Å². The Morgan fingerprint density at radius 2 is 2.00 bits per heavy atom. The fourth-order valence-electron chi connectivity index (χ4n) is 2.31. The summed E-state index contributed by atoms with van der Waals surface area (Å²) in [5.74, 6) is -0.380. The molecule has 0 aliphatic carbocycles. The van der Waals surface area contributed by atoms with Crippen LogP contribution in [0.3, 0.4) is 0 Å². The molecule has 1 aromatic rings. The van der Waals surface area contributed by atoms with Gasteiger partial charge in [-0.1, -0.05) is 12.1 Å². The Labute approximate surface area is 100 Å². The zero-order valence-corrected chi connectivity index (χ0v) is 10.3. The molecule has 0 bridgehead atoms. The van der Waals surface area contributed by atoms with Crippen molar-refractivity contribution in [3.05, 3.63) is 35.6 Å². The zero-order chi connectivity index (χ0) is 12.8. The number of hydrogen-bond acceptors (Lipinski definition) is 2. The predicted molar refractivity (Wildman–Crippen MR) is 63.7 cm³/mol. The third kappa shape index (κ3) is 1.93. The maximum atomic E-state index is 13.2. The van der Waals surface area contributed by atoms with E-state index >= 15 is 0 Å². The third-order valence-electron chi connectivity index (χ3n) is 3.05. The average Bonchev–Trinajstić information content (AvgIpc) is 2.22. The summed E-state index contributed by atoms with van der Waals surface area (Å²) in [5.41, 5.74) is 6.28. The van der Waals surface area contributed by atoms with E-state index in [-0.39, 0.29) is 23.3 Å². The minimum absolute atomic E-state index is 0.0771. The van der Waals surface area contributed by atoms with Crippen molar-refractivity contribution in [2.45, 2.75) is 38.4 Å². The summed E-state index contributed by atoms with van der Waals surface area (Å²) in [6.07, 6.45) is 0. The van der Waals surface area contributed by atoms with E-state index in [0.29, 0.717) is 0 Å². The molecule has 92 valence electrons. The van der Waals surface area contributed by atoms with Gasteiger partial charge in [-0.15, -0.1) is 0 Å². The summed E-state index contributed by atoms with van der Waals surface area (Å²) in [6, 6.07) is 5.49. The van der Waals surface area contributed by atoms with Gasteiger partial charge in [-0.25, -0.2) is 4.39 Å².